The van der Waals surface area contributed by atoms with Crippen molar-refractivity contribution in [1.82, 2.24) is 9.88 Å². The minimum absolute atomic E-state index is 0.0535. The largest absolute Gasteiger partial charge is 0.486 e. The maximum Gasteiger partial charge on any atom is 0.260 e. The second-order valence-corrected chi connectivity index (χ2v) is 8.51. The molecule has 2 aliphatic rings. The second-order valence-electron chi connectivity index (χ2n) is 7.50. The van der Waals surface area contributed by atoms with Crippen molar-refractivity contribution in [2.24, 2.45) is 0 Å². The number of hydrogen-bond acceptors (Lipinski definition) is 7. The zero-order valence-corrected chi connectivity index (χ0v) is 18.0. The highest BCUT2D eigenvalue weighted by molar-refractivity contribution is 7.22. The maximum absolute atomic E-state index is 14.3. The molecular formula is C22H21F2N3O4S. The number of aromatic nitrogens is 1. The summed E-state index contributed by atoms with van der Waals surface area (Å²) in [5.41, 5.74) is 0.458. The molecule has 168 valence electrons. The van der Waals surface area contributed by atoms with Crippen LogP contribution in [0.5, 0.6) is 11.5 Å². The van der Waals surface area contributed by atoms with Crippen LogP contribution in [0.2, 0.25) is 0 Å². The van der Waals surface area contributed by atoms with Gasteiger partial charge in [-0.2, -0.15) is 0 Å². The smallest absolute Gasteiger partial charge is 0.260 e. The Kier molecular flexibility index (Phi) is 5.90. The minimum atomic E-state index is -0.748. The van der Waals surface area contributed by atoms with E-state index < -0.39 is 11.6 Å². The number of amides is 1. The van der Waals surface area contributed by atoms with E-state index in [0.717, 1.165) is 30.5 Å². The van der Waals surface area contributed by atoms with Crippen molar-refractivity contribution in [2.75, 3.05) is 57.5 Å². The van der Waals surface area contributed by atoms with Gasteiger partial charge in [-0.3, -0.25) is 14.6 Å². The Labute approximate surface area is 187 Å². The first-order chi connectivity index (χ1) is 15.6. The standard InChI is InChI=1S/C22H21F2N3O4S/c23-15-12-16(24)20-19(13-15)32-22(25-20)27(4-3-26-5-7-29-8-6-26)21(28)14-1-2-17-18(11-14)31-10-9-30-17/h1-2,11-13H,3-10H2. The fraction of sp³-hybridized carbons (Fsp3) is 0.364. The van der Waals surface area contributed by atoms with Crippen LogP contribution < -0.4 is 14.4 Å². The predicted octanol–water partition coefficient (Wildman–Crippen LogP) is 3.32. The fourth-order valence-electron chi connectivity index (χ4n) is 3.74. The van der Waals surface area contributed by atoms with E-state index in [-0.39, 0.29) is 11.4 Å². The van der Waals surface area contributed by atoms with Crippen molar-refractivity contribution < 1.29 is 27.8 Å². The molecule has 0 unspecified atom stereocenters. The molecule has 0 spiro atoms. The second kappa shape index (κ2) is 8.97. The van der Waals surface area contributed by atoms with Gasteiger partial charge in [0.15, 0.2) is 22.4 Å². The Morgan fingerprint density at radius 2 is 1.84 bits per heavy atom. The van der Waals surface area contributed by atoms with E-state index in [1.165, 1.54) is 11.0 Å². The lowest BCUT2D eigenvalue weighted by Crippen LogP contribution is -2.43. The van der Waals surface area contributed by atoms with Gasteiger partial charge in [-0.15, -0.1) is 0 Å². The third-order valence-corrected chi connectivity index (χ3v) is 6.44. The van der Waals surface area contributed by atoms with E-state index in [4.69, 9.17) is 14.2 Å². The number of benzene rings is 2. The van der Waals surface area contributed by atoms with Crippen LogP contribution in [0, 0.1) is 11.6 Å². The molecule has 0 bridgehead atoms. The van der Waals surface area contributed by atoms with Crippen LogP contribution in [0.1, 0.15) is 10.4 Å². The predicted molar refractivity (Wildman–Crippen MR) is 116 cm³/mol. The lowest BCUT2D eigenvalue weighted by molar-refractivity contribution is 0.0391. The zero-order valence-electron chi connectivity index (χ0n) is 17.2. The highest BCUT2D eigenvalue weighted by atomic mass is 32.1. The lowest BCUT2D eigenvalue weighted by Gasteiger charge is -2.29. The average Bonchev–Trinajstić information content (AvgIpc) is 3.23. The molecule has 7 nitrogen and oxygen atoms in total. The van der Waals surface area contributed by atoms with Gasteiger partial charge in [0.25, 0.3) is 5.91 Å². The first-order valence-corrected chi connectivity index (χ1v) is 11.2. The average molecular weight is 461 g/mol. The van der Waals surface area contributed by atoms with E-state index >= 15 is 0 Å². The molecule has 32 heavy (non-hydrogen) atoms. The third-order valence-electron chi connectivity index (χ3n) is 5.41. The number of carbonyl (C=O) groups excluding carboxylic acids is 1. The summed E-state index contributed by atoms with van der Waals surface area (Å²) in [5.74, 6) is -0.626. The molecule has 10 heteroatoms. The van der Waals surface area contributed by atoms with Crippen LogP contribution >= 0.6 is 11.3 Å². The molecule has 0 radical (unpaired) electrons. The molecule has 1 amide bonds. The van der Waals surface area contributed by atoms with Crippen molar-refractivity contribution in [1.29, 1.82) is 0 Å². The van der Waals surface area contributed by atoms with Crippen LogP contribution in [0.3, 0.4) is 0 Å². The number of ether oxygens (including phenoxy) is 3. The topological polar surface area (TPSA) is 64.1 Å². The highest BCUT2D eigenvalue weighted by Crippen LogP contribution is 2.34. The Morgan fingerprint density at radius 3 is 2.66 bits per heavy atom. The van der Waals surface area contributed by atoms with Crippen LogP contribution in [0.4, 0.5) is 13.9 Å². The monoisotopic (exact) mass is 461 g/mol. The molecular weight excluding hydrogens is 440 g/mol. The number of morpholine rings is 1. The summed E-state index contributed by atoms with van der Waals surface area (Å²) in [6, 6.07) is 7.05. The Morgan fingerprint density at radius 1 is 1.06 bits per heavy atom. The summed E-state index contributed by atoms with van der Waals surface area (Å²) in [5, 5.41) is 0.317. The molecule has 0 saturated carbocycles. The van der Waals surface area contributed by atoms with E-state index in [0.29, 0.717) is 66.4 Å². The van der Waals surface area contributed by atoms with Crippen molar-refractivity contribution in [3.8, 4) is 11.5 Å². The summed E-state index contributed by atoms with van der Waals surface area (Å²) >= 11 is 1.09. The molecule has 0 atom stereocenters. The van der Waals surface area contributed by atoms with Crippen LogP contribution in [-0.4, -0.2) is 68.4 Å². The Hall–Kier alpha value is -2.82. The summed E-state index contributed by atoms with van der Waals surface area (Å²) in [6.45, 7) is 4.64. The van der Waals surface area contributed by atoms with Gasteiger partial charge in [0.05, 0.1) is 17.9 Å². The van der Waals surface area contributed by atoms with Crippen molar-refractivity contribution in [3.63, 3.8) is 0 Å². The van der Waals surface area contributed by atoms with Crippen LogP contribution in [-0.2, 0) is 4.74 Å². The summed E-state index contributed by atoms with van der Waals surface area (Å²) in [4.78, 5) is 21.6. The fourth-order valence-corrected chi connectivity index (χ4v) is 4.77. The van der Waals surface area contributed by atoms with Gasteiger partial charge in [-0.1, -0.05) is 11.3 Å². The number of anilines is 1. The molecule has 0 aliphatic carbocycles. The van der Waals surface area contributed by atoms with Gasteiger partial charge in [0.2, 0.25) is 0 Å². The molecule has 2 aromatic carbocycles. The van der Waals surface area contributed by atoms with Gasteiger partial charge in [0, 0.05) is 37.8 Å². The van der Waals surface area contributed by atoms with E-state index in [2.05, 4.69) is 9.88 Å². The van der Waals surface area contributed by atoms with Crippen molar-refractivity contribution >= 4 is 32.6 Å². The number of thiazole rings is 1. The quantitative estimate of drug-likeness (QED) is 0.581. The zero-order chi connectivity index (χ0) is 22.1. The molecule has 2 aliphatic heterocycles. The van der Waals surface area contributed by atoms with Gasteiger partial charge in [-0.25, -0.2) is 13.8 Å². The minimum Gasteiger partial charge on any atom is -0.486 e. The van der Waals surface area contributed by atoms with Crippen LogP contribution in [0.15, 0.2) is 30.3 Å². The van der Waals surface area contributed by atoms with Gasteiger partial charge in [-0.05, 0) is 24.3 Å². The first kappa shape index (κ1) is 21.0. The number of nitrogens with zero attached hydrogens (tertiary/aromatic N) is 3. The normalized spacial score (nSPS) is 16.3. The van der Waals surface area contributed by atoms with E-state index in [1.54, 1.807) is 18.2 Å². The number of fused-ring (bicyclic) bond motifs is 2. The molecule has 0 N–H and O–H groups in total. The van der Waals surface area contributed by atoms with Gasteiger partial charge in [0.1, 0.15) is 24.5 Å². The molecule has 5 rings (SSSR count). The summed E-state index contributed by atoms with van der Waals surface area (Å²) < 4.78 is 44.8. The lowest BCUT2D eigenvalue weighted by atomic mass is 10.1. The molecule has 1 fully saturated rings. The number of carbonyl (C=O) groups is 1. The summed E-state index contributed by atoms with van der Waals surface area (Å²) in [7, 11) is 0. The Balaban J connectivity index is 1.47. The van der Waals surface area contributed by atoms with Crippen molar-refractivity contribution in [3.05, 3.63) is 47.5 Å². The number of halogens is 2. The SMILES string of the molecule is O=C(c1ccc2c(c1)OCCO2)N(CCN1CCOCC1)c1nc2c(F)cc(F)cc2s1. The maximum atomic E-state index is 14.3. The van der Waals surface area contributed by atoms with E-state index in [1.807, 2.05) is 0 Å². The molecule has 1 aromatic heterocycles. The molecule has 3 heterocycles. The third kappa shape index (κ3) is 4.25. The summed E-state index contributed by atoms with van der Waals surface area (Å²) in [6.07, 6.45) is 0. The van der Waals surface area contributed by atoms with Gasteiger partial charge < -0.3 is 14.2 Å². The highest BCUT2D eigenvalue weighted by Gasteiger charge is 2.25. The molecule has 1 saturated heterocycles. The number of rotatable bonds is 5. The van der Waals surface area contributed by atoms with Crippen LogP contribution in [0.25, 0.3) is 10.2 Å². The molecule has 3 aromatic rings. The first-order valence-electron chi connectivity index (χ1n) is 10.4. The van der Waals surface area contributed by atoms with Crippen molar-refractivity contribution in [2.45, 2.75) is 0 Å². The Bertz CT molecular complexity index is 1150. The van der Waals surface area contributed by atoms with E-state index in [9.17, 15) is 13.6 Å². The number of hydrogen-bond donors (Lipinski definition) is 0. The van der Waals surface area contributed by atoms with Gasteiger partial charge >= 0.3 is 0 Å².